The number of hydrogen-bond acceptors (Lipinski definition) is 2. The topological polar surface area (TPSA) is 34.1 Å². The van der Waals surface area contributed by atoms with Crippen LogP contribution < -0.4 is 0 Å². The molecule has 0 bridgehead atoms. The van der Waals surface area contributed by atoms with E-state index in [0.717, 1.165) is 12.8 Å². The fourth-order valence-corrected chi connectivity index (χ4v) is 3.56. The van der Waals surface area contributed by atoms with Gasteiger partial charge in [-0.3, -0.25) is 0 Å². The van der Waals surface area contributed by atoms with E-state index in [4.69, 9.17) is 0 Å². The fourth-order valence-electron chi connectivity index (χ4n) is 1.58. The standard InChI is InChI=1S/C8H16O2S/c1-7(2)8-4-3-5-11(9,10)6-8/h7-8H,3-6H2,1-2H3/t8-/m0/s1. The molecule has 0 unspecified atom stereocenters. The van der Waals surface area contributed by atoms with E-state index in [0.29, 0.717) is 23.3 Å². The minimum atomic E-state index is -2.68. The van der Waals surface area contributed by atoms with Crippen LogP contribution in [0.2, 0.25) is 0 Å². The summed E-state index contributed by atoms with van der Waals surface area (Å²) in [5, 5.41) is 0. The summed E-state index contributed by atoms with van der Waals surface area (Å²) in [6.07, 6.45) is 1.96. The zero-order chi connectivity index (χ0) is 8.48. The van der Waals surface area contributed by atoms with Gasteiger partial charge in [-0.1, -0.05) is 13.8 Å². The molecular formula is C8H16O2S. The van der Waals surface area contributed by atoms with E-state index in [9.17, 15) is 8.42 Å². The van der Waals surface area contributed by atoms with E-state index in [2.05, 4.69) is 13.8 Å². The van der Waals surface area contributed by atoms with Gasteiger partial charge in [-0.05, 0) is 24.7 Å². The molecule has 0 aromatic carbocycles. The van der Waals surface area contributed by atoms with Crippen molar-refractivity contribution in [3.8, 4) is 0 Å². The molecule has 0 saturated carbocycles. The van der Waals surface area contributed by atoms with Crippen LogP contribution in [-0.4, -0.2) is 19.9 Å². The summed E-state index contributed by atoms with van der Waals surface area (Å²) in [5.74, 6) is 1.76. The molecule has 0 radical (unpaired) electrons. The fraction of sp³-hybridized carbons (Fsp3) is 1.00. The molecule has 0 aromatic heterocycles. The van der Waals surface area contributed by atoms with Crippen LogP contribution >= 0.6 is 0 Å². The average molecular weight is 176 g/mol. The molecule has 2 nitrogen and oxygen atoms in total. The maximum atomic E-state index is 11.2. The van der Waals surface area contributed by atoms with Crippen LogP contribution in [0, 0.1) is 11.8 Å². The smallest absolute Gasteiger partial charge is 0.150 e. The van der Waals surface area contributed by atoms with Crippen molar-refractivity contribution < 1.29 is 8.42 Å². The lowest BCUT2D eigenvalue weighted by atomic mass is 9.93. The van der Waals surface area contributed by atoms with Crippen LogP contribution in [0.1, 0.15) is 26.7 Å². The number of rotatable bonds is 1. The summed E-state index contributed by atoms with van der Waals surface area (Å²) in [7, 11) is -2.68. The van der Waals surface area contributed by atoms with Gasteiger partial charge in [0.2, 0.25) is 0 Å². The van der Waals surface area contributed by atoms with Crippen molar-refractivity contribution in [2.45, 2.75) is 26.7 Å². The Morgan fingerprint density at radius 3 is 2.36 bits per heavy atom. The van der Waals surface area contributed by atoms with Crippen molar-refractivity contribution >= 4 is 9.84 Å². The molecule has 66 valence electrons. The monoisotopic (exact) mass is 176 g/mol. The van der Waals surface area contributed by atoms with E-state index in [1.165, 1.54) is 0 Å². The molecule has 0 amide bonds. The SMILES string of the molecule is CC(C)[C@H]1CCCS(=O)(=O)C1. The second kappa shape index (κ2) is 3.13. The first-order valence-electron chi connectivity index (χ1n) is 4.22. The Morgan fingerprint density at radius 2 is 2.00 bits per heavy atom. The largest absolute Gasteiger partial charge is 0.229 e. The van der Waals surface area contributed by atoms with Gasteiger partial charge in [-0.25, -0.2) is 8.42 Å². The van der Waals surface area contributed by atoms with Crippen LogP contribution in [0.15, 0.2) is 0 Å². The molecule has 1 heterocycles. The summed E-state index contributed by atoms with van der Waals surface area (Å²) in [4.78, 5) is 0. The predicted molar refractivity (Wildman–Crippen MR) is 46.2 cm³/mol. The molecule has 1 fully saturated rings. The third-order valence-corrected chi connectivity index (χ3v) is 4.29. The Balaban J connectivity index is 2.61. The molecule has 1 saturated heterocycles. The molecule has 1 aliphatic heterocycles. The second-order valence-electron chi connectivity index (χ2n) is 3.76. The quantitative estimate of drug-likeness (QED) is 0.606. The highest BCUT2D eigenvalue weighted by molar-refractivity contribution is 7.91. The van der Waals surface area contributed by atoms with Crippen LogP contribution in [0.25, 0.3) is 0 Å². The van der Waals surface area contributed by atoms with Crippen molar-refractivity contribution in [2.75, 3.05) is 11.5 Å². The molecule has 3 heteroatoms. The van der Waals surface area contributed by atoms with Gasteiger partial charge in [0.05, 0.1) is 11.5 Å². The Morgan fingerprint density at radius 1 is 1.36 bits per heavy atom. The molecule has 0 N–H and O–H groups in total. The van der Waals surface area contributed by atoms with Gasteiger partial charge < -0.3 is 0 Å². The number of sulfone groups is 1. The minimum Gasteiger partial charge on any atom is -0.229 e. The van der Waals surface area contributed by atoms with E-state index in [-0.39, 0.29) is 0 Å². The van der Waals surface area contributed by atoms with Gasteiger partial charge in [0.15, 0.2) is 9.84 Å². The molecule has 11 heavy (non-hydrogen) atoms. The lowest BCUT2D eigenvalue weighted by molar-refractivity contribution is 0.376. The van der Waals surface area contributed by atoms with Gasteiger partial charge in [-0.2, -0.15) is 0 Å². The summed E-state index contributed by atoms with van der Waals surface area (Å²) in [6.45, 7) is 4.21. The van der Waals surface area contributed by atoms with Crippen molar-refractivity contribution in [1.82, 2.24) is 0 Å². The lowest BCUT2D eigenvalue weighted by Crippen LogP contribution is -2.28. The van der Waals surface area contributed by atoms with E-state index in [1.807, 2.05) is 0 Å². The van der Waals surface area contributed by atoms with Gasteiger partial charge in [-0.15, -0.1) is 0 Å². The van der Waals surface area contributed by atoms with Gasteiger partial charge in [0.1, 0.15) is 0 Å². The number of hydrogen-bond donors (Lipinski definition) is 0. The van der Waals surface area contributed by atoms with E-state index in [1.54, 1.807) is 0 Å². The normalized spacial score (nSPS) is 30.6. The Hall–Kier alpha value is -0.0500. The van der Waals surface area contributed by atoms with Crippen molar-refractivity contribution in [1.29, 1.82) is 0 Å². The summed E-state index contributed by atoms with van der Waals surface area (Å²) >= 11 is 0. The first-order valence-corrected chi connectivity index (χ1v) is 6.04. The highest BCUT2D eigenvalue weighted by Gasteiger charge is 2.26. The first-order chi connectivity index (χ1) is 5.01. The zero-order valence-electron chi connectivity index (χ0n) is 7.21. The van der Waals surface area contributed by atoms with Crippen LogP contribution in [0.3, 0.4) is 0 Å². The van der Waals surface area contributed by atoms with Gasteiger partial charge in [0, 0.05) is 0 Å². The van der Waals surface area contributed by atoms with E-state index < -0.39 is 9.84 Å². The zero-order valence-corrected chi connectivity index (χ0v) is 8.02. The van der Waals surface area contributed by atoms with Crippen molar-refractivity contribution in [3.63, 3.8) is 0 Å². The maximum Gasteiger partial charge on any atom is 0.150 e. The third kappa shape index (κ3) is 2.47. The maximum absolute atomic E-state index is 11.2. The Labute approximate surface area is 68.9 Å². The molecule has 0 spiro atoms. The molecule has 0 aromatic rings. The van der Waals surface area contributed by atoms with Crippen molar-refractivity contribution in [3.05, 3.63) is 0 Å². The summed E-state index contributed by atoms with van der Waals surface area (Å²) in [6, 6.07) is 0. The Kier molecular flexibility index (Phi) is 2.58. The lowest BCUT2D eigenvalue weighted by Gasteiger charge is -2.24. The summed E-state index contributed by atoms with van der Waals surface area (Å²) in [5.41, 5.74) is 0. The van der Waals surface area contributed by atoms with Crippen LogP contribution in [0.5, 0.6) is 0 Å². The van der Waals surface area contributed by atoms with E-state index >= 15 is 0 Å². The molecule has 1 aliphatic rings. The first kappa shape index (κ1) is 9.04. The highest BCUT2D eigenvalue weighted by atomic mass is 32.2. The van der Waals surface area contributed by atoms with Gasteiger partial charge >= 0.3 is 0 Å². The molecular weight excluding hydrogens is 160 g/mol. The Bertz CT molecular complexity index is 216. The third-order valence-electron chi connectivity index (χ3n) is 2.44. The van der Waals surface area contributed by atoms with Crippen LogP contribution in [0.4, 0.5) is 0 Å². The highest BCUT2D eigenvalue weighted by Crippen LogP contribution is 2.24. The second-order valence-corrected chi connectivity index (χ2v) is 5.99. The summed E-state index contributed by atoms with van der Waals surface area (Å²) < 4.78 is 22.3. The predicted octanol–water partition coefficient (Wildman–Crippen LogP) is 1.47. The van der Waals surface area contributed by atoms with Crippen molar-refractivity contribution in [2.24, 2.45) is 11.8 Å². The molecule has 1 rings (SSSR count). The molecule has 0 aliphatic carbocycles. The van der Waals surface area contributed by atoms with Gasteiger partial charge in [0.25, 0.3) is 0 Å². The minimum absolute atomic E-state index is 0.411. The molecule has 1 atom stereocenters. The average Bonchev–Trinajstić information content (AvgIpc) is 1.85. The van der Waals surface area contributed by atoms with Crippen LogP contribution in [-0.2, 0) is 9.84 Å².